The van der Waals surface area contributed by atoms with Crippen molar-refractivity contribution in [3.05, 3.63) is 58.4 Å². The number of thiophene rings is 1. The van der Waals surface area contributed by atoms with Gasteiger partial charge in [-0.25, -0.2) is 4.39 Å². The lowest BCUT2D eigenvalue weighted by atomic mass is 10.2. The van der Waals surface area contributed by atoms with Crippen molar-refractivity contribution in [3.63, 3.8) is 0 Å². The first-order valence-corrected chi connectivity index (χ1v) is 8.61. The number of aromatic nitrogens is 2. The maximum absolute atomic E-state index is 13.0. The Kier molecular flexibility index (Phi) is 4.13. The van der Waals surface area contributed by atoms with Crippen LogP contribution in [0.3, 0.4) is 0 Å². The molecule has 3 heterocycles. The highest BCUT2D eigenvalue weighted by Gasteiger charge is 2.36. The lowest BCUT2D eigenvalue weighted by Crippen LogP contribution is -2.24. The number of aliphatic hydroxyl groups excluding tert-OH is 1. The van der Waals surface area contributed by atoms with Gasteiger partial charge in [0.15, 0.2) is 0 Å². The topological polar surface area (TPSA) is 62.4 Å². The Labute approximate surface area is 142 Å². The molecule has 7 heteroatoms. The Morgan fingerprint density at radius 3 is 2.88 bits per heavy atom. The fourth-order valence-corrected chi connectivity index (χ4v) is 3.73. The Morgan fingerprint density at radius 2 is 2.12 bits per heavy atom. The van der Waals surface area contributed by atoms with Gasteiger partial charge in [-0.2, -0.15) is 4.98 Å². The number of benzene rings is 1. The van der Waals surface area contributed by atoms with Crippen molar-refractivity contribution in [1.29, 1.82) is 0 Å². The quantitative estimate of drug-likeness (QED) is 0.786. The van der Waals surface area contributed by atoms with E-state index in [0.717, 1.165) is 6.54 Å². The predicted octanol–water partition coefficient (Wildman–Crippen LogP) is 3.25. The molecule has 0 aliphatic carbocycles. The highest BCUT2D eigenvalue weighted by atomic mass is 32.1. The van der Waals surface area contributed by atoms with Gasteiger partial charge in [-0.1, -0.05) is 11.2 Å². The summed E-state index contributed by atoms with van der Waals surface area (Å²) in [6.45, 7) is 1.32. The van der Waals surface area contributed by atoms with Gasteiger partial charge in [0.05, 0.1) is 12.1 Å². The van der Waals surface area contributed by atoms with Crippen LogP contribution in [-0.4, -0.2) is 32.8 Å². The number of rotatable bonds is 4. The zero-order chi connectivity index (χ0) is 16.5. The summed E-state index contributed by atoms with van der Waals surface area (Å²) in [4.78, 5) is 7.84. The van der Waals surface area contributed by atoms with E-state index in [2.05, 4.69) is 21.1 Å². The second kappa shape index (κ2) is 6.43. The zero-order valence-corrected chi connectivity index (χ0v) is 13.6. The summed E-state index contributed by atoms with van der Waals surface area (Å²) in [6.07, 6.45) is 0.160. The third-order valence-corrected chi connectivity index (χ3v) is 5.01. The van der Waals surface area contributed by atoms with E-state index in [1.165, 1.54) is 17.0 Å². The monoisotopic (exact) mass is 345 g/mol. The van der Waals surface area contributed by atoms with E-state index in [1.807, 2.05) is 11.4 Å². The van der Waals surface area contributed by atoms with Crippen molar-refractivity contribution in [1.82, 2.24) is 15.0 Å². The Bertz CT molecular complexity index is 804. The number of aliphatic hydroxyl groups is 1. The minimum atomic E-state index is -0.406. The first-order valence-electron chi connectivity index (χ1n) is 7.73. The molecule has 0 bridgehead atoms. The molecule has 2 aromatic heterocycles. The zero-order valence-electron chi connectivity index (χ0n) is 12.8. The molecule has 0 saturated carbocycles. The minimum absolute atomic E-state index is 0.108. The third-order valence-electron chi connectivity index (χ3n) is 4.15. The molecule has 1 aliphatic heterocycles. The van der Waals surface area contributed by atoms with E-state index in [4.69, 9.17) is 4.52 Å². The van der Waals surface area contributed by atoms with Crippen molar-refractivity contribution in [2.75, 3.05) is 6.54 Å². The molecule has 0 amide bonds. The number of likely N-dealkylation sites (tertiary alicyclic amines) is 1. The second-order valence-corrected chi connectivity index (χ2v) is 6.91. The predicted molar refractivity (Wildman–Crippen MR) is 87.8 cm³/mol. The Morgan fingerprint density at radius 1 is 1.29 bits per heavy atom. The fraction of sp³-hybridized carbons (Fsp3) is 0.294. The van der Waals surface area contributed by atoms with Crippen molar-refractivity contribution in [2.45, 2.75) is 25.1 Å². The van der Waals surface area contributed by atoms with Crippen LogP contribution in [0.2, 0.25) is 0 Å². The van der Waals surface area contributed by atoms with Crippen molar-refractivity contribution >= 4 is 11.3 Å². The third kappa shape index (κ3) is 3.10. The van der Waals surface area contributed by atoms with Crippen LogP contribution in [0.25, 0.3) is 11.4 Å². The van der Waals surface area contributed by atoms with Gasteiger partial charge in [-0.05, 0) is 42.1 Å². The van der Waals surface area contributed by atoms with Gasteiger partial charge in [0.25, 0.3) is 0 Å². The van der Waals surface area contributed by atoms with Crippen molar-refractivity contribution in [2.24, 2.45) is 0 Å². The summed E-state index contributed by atoms with van der Waals surface area (Å²) in [6, 6.07) is 9.96. The van der Waals surface area contributed by atoms with Gasteiger partial charge in [0.1, 0.15) is 5.82 Å². The van der Waals surface area contributed by atoms with Crippen LogP contribution in [0.15, 0.2) is 46.3 Å². The highest BCUT2D eigenvalue weighted by Crippen LogP contribution is 2.34. The molecule has 5 nitrogen and oxygen atoms in total. The van der Waals surface area contributed by atoms with E-state index in [9.17, 15) is 9.50 Å². The molecule has 1 N–H and O–H groups in total. The van der Waals surface area contributed by atoms with Crippen LogP contribution in [0.1, 0.15) is 23.2 Å². The molecule has 1 fully saturated rings. The van der Waals surface area contributed by atoms with Gasteiger partial charge in [0.2, 0.25) is 11.7 Å². The highest BCUT2D eigenvalue weighted by molar-refractivity contribution is 7.09. The van der Waals surface area contributed by atoms with E-state index in [-0.39, 0.29) is 11.9 Å². The molecular formula is C17H16FN3O2S. The summed E-state index contributed by atoms with van der Waals surface area (Å²) < 4.78 is 18.5. The molecule has 1 saturated heterocycles. The van der Waals surface area contributed by atoms with Crippen LogP contribution in [-0.2, 0) is 6.54 Å². The first kappa shape index (κ1) is 15.4. The lowest BCUT2D eigenvalue weighted by molar-refractivity contribution is 0.170. The molecule has 0 unspecified atom stereocenters. The van der Waals surface area contributed by atoms with Gasteiger partial charge in [0, 0.05) is 23.5 Å². The van der Waals surface area contributed by atoms with Gasteiger partial charge in [-0.15, -0.1) is 11.3 Å². The summed E-state index contributed by atoms with van der Waals surface area (Å²) in [5.41, 5.74) is 0.703. The van der Waals surface area contributed by atoms with Crippen molar-refractivity contribution < 1.29 is 14.0 Å². The molecule has 2 atom stereocenters. The van der Waals surface area contributed by atoms with Gasteiger partial charge in [-0.3, -0.25) is 4.90 Å². The molecule has 3 aromatic rings. The SMILES string of the molecule is O[C@@H]1C[C@@H](c2nc(-c3ccc(F)cc3)no2)N(Cc2cccs2)C1. The molecule has 1 aromatic carbocycles. The summed E-state index contributed by atoms with van der Waals surface area (Å²) in [5, 5.41) is 16.1. The number of nitrogens with zero attached hydrogens (tertiary/aromatic N) is 3. The van der Waals surface area contributed by atoms with Crippen LogP contribution in [0, 0.1) is 5.82 Å². The molecular weight excluding hydrogens is 329 g/mol. The average molecular weight is 345 g/mol. The second-order valence-electron chi connectivity index (χ2n) is 5.88. The molecule has 4 rings (SSSR count). The molecule has 0 spiro atoms. The van der Waals surface area contributed by atoms with Crippen LogP contribution < -0.4 is 0 Å². The van der Waals surface area contributed by atoms with E-state index in [1.54, 1.807) is 23.5 Å². The van der Waals surface area contributed by atoms with Crippen LogP contribution in [0.5, 0.6) is 0 Å². The number of β-amino-alcohol motifs (C(OH)–C–C–N with tert-alkyl or cyclic N) is 1. The summed E-state index contributed by atoms with van der Waals surface area (Å²) >= 11 is 1.69. The molecule has 24 heavy (non-hydrogen) atoms. The Hall–Kier alpha value is -2.09. The number of halogens is 1. The molecule has 0 radical (unpaired) electrons. The standard InChI is InChI=1S/C17H16FN3O2S/c18-12-5-3-11(4-6-12)16-19-17(23-20-16)15-8-13(22)9-21(15)10-14-2-1-7-24-14/h1-7,13,15,22H,8-10H2/t13-,15+/m1/s1. The van der Waals surface area contributed by atoms with E-state index in [0.29, 0.717) is 30.2 Å². The number of hydrogen-bond donors (Lipinski definition) is 1. The summed E-state index contributed by atoms with van der Waals surface area (Å²) in [7, 11) is 0. The van der Waals surface area contributed by atoms with Gasteiger partial charge < -0.3 is 9.63 Å². The normalized spacial score (nSPS) is 21.4. The minimum Gasteiger partial charge on any atom is -0.392 e. The average Bonchev–Trinajstić information content (AvgIpc) is 3.29. The first-order chi connectivity index (χ1) is 11.7. The fourth-order valence-electron chi connectivity index (χ4n) is 3.00. The molecule has 124 valence electrons. The summed E-state index contributed by atoms with van der Waals surface area (Å²) in [5.74, 6) is 0.619. The maximum Gasteiger partial charge on any atom is 0.244 e. The van der Waals surface area contributed by atoms with Crippen LogP contribution in [0.4, 0.5) is 4.39 Å². The smallest absolute Gasteiger partial charge is 0.244 e. The van der Waals surface area contributed by atoms with E-state index < -0.39 is 6.10 Å². The van der Waals surface area contributed by atoms with Crippen molar-refractivity contribution in [3.8, 4) is 11.4 Å². The molecule has 1 aliphatic rings. The maximum atomic E-state index is 13.0. The van der Waals surface area contributed by atoms with E-state index >= 15 is 0 Å². The van der Waals surface area contributed by atoms with Crippen LogP contribution >= 0.6 is 11.3 Å². The number of hydrogen-bond acceptors (Lipinski definition) is 6. The van der Waals surface area contributed by atoms with Gasteiger partial charge >= 0.3 is 0 Å². The largest absolute Gasteiger partial charge is 0.392 e. The Balaban J connectivity index is 1.56. The lowest BCUT2D eigenvalue weighted by Gasteiger charge is -2.20.